The SMILES string of the molecule is CC[C@@H]1C=Cc2ccccc2[C@@H]1O. The van der Waals surface area contributed by atoms with E-state index in [4.69, 9.17) is 0 Å². The fraction of sp³-hybridized carbons (Fsp3) is 0.333. The molecule has 0 amide bonds. The third-order valence-electron chi connectivity index (χ3n) is 2.71. The Morgan fingerprint density at radius 2 is 2.08 bits per heavy atom. The van der Waals surface area contributed by atoms with Gasteiger partial charge in [0.05, 0.1) is 6.10 Å². The van der Waals surface area contributed by atoms with Crippen LogP contribution < -0.4 is 0 Å². The summed E-state index contributed by atoms with van der Waals surface area (Å²) in [4.78, 5) is 0. The van der Waals surface area contributed by atoms with Crippen molar-refractivity contribution in [2.24, 2.45) is 5.92 Å². The zero-order valence-corrected chi connectivity index (χ0v) is 7.77. The normalized spacial score (nSPS) is 25.7. The van der Waals surface area contributed by atoms with Gasteiger partial charge in [-0.25, -0.2) is 0 Å². The van der Waals surface area contributed by atoms with E-state index in [1.807, 2.05) is 24.3 Å². The van der Waals surface area contributed by atoms with Crippen molar-refractivity contribution in [1.82, 2.24) is 0 Å². The van der Waals surface area contributed by atoms with E-state index in [2.05, 4.69) is 19.1 Å². The van der Waals surface area contributed by atoms with Gasteiger partial charge in [0, 0.05) is 5.92 Å². The predicted molar refractivity (Wildman–Crippen MR) is 54.2 cm³/mol. The fourth-order valence-electron chi connectivity index (χ4n) is 1.85. The van der Waals surface area contributed by atoms with Gasteiger partial charge in [-0.2, -0.15) is 0 Å². The molecule has 0 spiro atoms. The van der Waals surface area contributed by atoms with Crippen LogP contribution in [0.4, 0.5) is 0 Å². The van der Waals surface area contributed by atoms with Crippen LogP contribution in [0.2, 0.25) is 0 Å². The Morgan fingerprint density at radius 1 is 1.31 bits per heavy atom. The Balaban J connectivity index is 2.42. The number of benzene rings is 1. The second-order valence-corrected chi connectivity index (χ2v) is 3.50. The molecule has 68 valence electrons. The van der Waals surface area contributed by atoms with Crippen LogP contribution in [0.15, 0.2) is 30.3 Å². The van der Waals surface area contributed by atoms with Crippen molar-refractivity contribution in [2.45, 2.75) is 19.4 Å². The smallest absolute Gasteiger partial charge is 0.0858 e. The van der Waals surface area contributed by atoms with E-state index in [9.17, 15) is 5.11 Å². The summed E-state index contributed by atoms with van der Waals surface area (Å²) in [6.07, 6.45) is 4.89. The summed E-state index contributed by atoms with van der Waals surface area (Å²) in [5.74, 6) is 0.287. The van der Waals surface area contributed by atoms with Crippen molar-refractivity contribution >= 4 is 6.08 Å². The van der Waals surface area contributed by atoms with Gasteiger partial charge in [-0.05, 0) is 17.5 Å². The molecular weight excluding hydrogens is 160 g/mol. The Labute approximate surface area is 78.7 Å². The van der Waals surface area contributed by atoms with Crippen LogP contribution >= 0.6 is 0 Å². The zero-order chi connectivity index (χ0) is 9.26. The van der Waals surface area contributed by atoms with Crippen LogP contribution in [0.3, 0.4) is 0 Å². The minimum Gasteiger partial charge on any atom is -0.388 e. The molecule has 2 rings (SSSR count). The van der Waals surface area contributed by atoms with Crippen molar-refractivity contribution < 1.29 is 5.11 Å². The third-order valence-corrected chi connectivity index (χ3v) is 2.71. The molecule has 13 heavy (non-hydrogen) atoms. The van der Waals surface area contributed by atoms with Gasteiger partial charge in [0.25, 0.3) is 0 Å². The van der Waals surface area contributed by atoms with Crippen molar-refractivity contribution in [2.75, 3.05) is 0 Å². The second kappa shape index (κ2) is 3.35. The molecule has 2 atom stereocenters. The lowest BCUT2D eigenvalue weighted by molar-refractivity contribution is 0.128. The van der Waals surface area contributed by atoms with Crippen molar-refractivity contribution in [1.29, 1.82) is 0 Å². The van der Waals surface area contributed by atoms with E-state index >= 15 is 0 Å². The summed E-state index contributed by atoms with van der Waals surface area (Å²) in [5, 5.41) is 9.97. The van der Waals surface area contributed by atoms with Crippen LogP contribution in [0.25, 0.3) is 6.08 Å². The third kappa shape index (κ3) is 1.40. The standard InChI is InChI=1S/C12H14O/c1-2-9-7-8-10-5-3-4-6-11(10)12(9)13/h3-9,12-13H,2H2,1H3/t9-,12-/m1/s1. The van der Waals surface area contributed by atoms with Crippen LogP contribution in [0, 0.1) is 5.92 Å². The molecule has 0 aliphatic heterocycles. The number of aliphatic hydroxyl groups excluding tert-OH is 1. The first-order valence-electron chi connectivity index (χ1n) is 4.78. The van der Waals surface area contributed by atoms with Gasteiger partial charge in [-0.3, -0.25) is 0 Å². The van der Waals surface area contributed by atoms with Gasteiger partial charge in [0.15, 0.2) is 0 Å². The lowest BCUT2D eigenvalue weighted by atomic mass is 9.85. The Kier molecular flexibility index (Phi) is 2.19. The van der Waals surface area contributed by atoms with E-state index < -0.39 is 0 Å². The zero-order valence-electron chi connectivity index (χ0n) is 7.77. The molecule has 0 aromatic heterocycles. The maximum atomic E-state index is 9.97. The first-order chi connectivity index (χ1) is 6.33. The minimum atomic E-state index is -0.314. The van der Waals surface area contributed by atoms with Gasteiger partial charge in [-0.15, -0.1) is 0 Å². The average Bonchev–Trinajstić information content (AvgIpc) is 2.19. The maximum Gasteiger partial charge on any atom is 0.0858 e. The van der Waals surface area contributed by atoms with Crippen molar-refractivity contribution in [3.8, 4) is 0 Å². The molecule has 0 fully saturated rings. The monoisotopic (exact) mass is 174 g/mol. The van der Waals surface area contributed by atoms with Crippen LogP contribution in [-0.2, 0) is 0 Å². The maximum absolute atomic E-state index is 9.97. The molecule has 1 aliphatic carbocycles. The minimum absolute atomic E-state index is 0.287. The summed E-state index contributed by atoms with van der Waals surface area (Å²) in [7, 11) is 0. The van der Waals surface area contributed by atoms with Gasteiger partial charge < -0.3 is 5.11 Å². The number of hydrogen-bond donors (Lipinski definition) is 1. The molecule has 0 saturated carbocycles. The predicted octanol–water partition coefficient (Wildman–Crippen LogP) is 2.77. The van der Waals surface area contributed by atoms with Gasteiger partial charge in [0.1, 0.15) is 0 Å². The molecule has 0 heterocycles. The summed E-state index contributed by atoms with van der Waals surface area (Å²) in [6.45, 7) is 2.10. The number of hydrogen-bond acceptors (Lipinski definition) is 1. The lowest BCUT2D eigenvalue weighted by Gasteiger charge is -2.24. The molecule has 0 saturated heterocycles. The first kappa shape index (κ1) is 8.52. The van der Waals surface area contributed by atoms with Crippen molar-refractivity contribution in [3.63, 3.8) is 0 Å². The summed E-state index contributed by atoms with van der Waals surface area (Å²) in [5.41, 5.74) is 2.22. The molecule has 1 nitrogen and oxygen atoms in total. The van der Waals surface area contributed by atoms with Crippen LogP contribution in [0.5, 0.6) is 0 Å². The van der Waals surface area contributed by atoms with E-state index in [0.29, 0.717) is 0 Å². The number of fused-ring (bicyclic) bond motifs is 1. The largest absolute Gasteiger partial charge is 0.388 e. The summed E-state index contributed by atoms with van der Waals surface area (Å²) < 4.78 is 0. The van der Waals surface area contributed by atoms with E-state index in [1.165, 1.54) is 0 Å². The molecular formula is C12H14O. The Bertz CT molecular complexity index is 328. The molecule has 0 radical (unpaired) electrons. The molecule has 1 aromatic rings. The quantitative estimate of drug-likeness (QED) is 0.694. The molecule has 0 bridgehead atoms. The highest BCUT2D eigenvalue weighted by Gasteiger charge is 2.21. The highest BCUT2D eigenvalue weighted by molar-refractivity contribution is 5.57. The highest BCUT2D eigenvalue weighted by Crippen LogP contribution is 2.33. The topological polar surface area (TPSA) is 20.2 Å². The van der Waals surface area contributed by atoms with E-state index in [-0.39, 0.29) is 12.0 Å². The Morgan fingerprint density at radius 3 is 2.85 bits per heavy atom. The van der Waals surface area contributed by atoms with Gasteiger partial charge in [0.2, 0.25) is 0 Å². The lowest BCUT2D eigenvalue weighted by Crippen LogP contribution is -2.13. The molecule has 1 aliphatic rings. The summed E-state index contributed by atoms with van der Waals surface area (Å²) in [6, 6.07) is 8.03. The first-order valence-corrected chi connectivity index (χ1v) is 4.78. The summed E-state index contributed by atoms with van der Waals surface area (Å²) >= 11 is 0. The number of rotatable bonds is 1. The molecule has 1 aromatic carbocycles. The Hall–Kier alpha value is -1.08. The van der Waals surface area contributed by atoms with E-state index in [0.717, 1.165) is 17.5 Å². The molecule has 1 N–H and O–H groups in total. The average molecular weight is 174 g/mol. The number of aliphatic hydroxyl groups is 1. The van der Waals surface area contributed by atoms with Crippen LogP contribution in [0.1, 0.15) is 30.6 Å². The molecule has 0 unspecified atom stereocenters. The fourth-order valence-corrected chi connectivity index (χ4v) is 1.85. The van der Waals surface area contributed by atoms with Gasteiger partial charge in [-0.1, -0.05) is 43.3 Å². The van der Waals surface area contributed by atoms with E-state index in [1.54, 1.807) is 0 Å². The molecule has 1 heteroatoms. The van der Waals surface area contributed by atoms with Crippen molar-refractivity contribution in [3.05, 3.63) is 41.5 Å². The second-order valence-electron chi connectivity index (χ2n) is 3.50. The highest BCUT2D eigenvalue weighted by atomic mass is 16.3. The van der Waals surface area contributed by atoms with Crippen LogP contribution in [-0.4, -0.2) is 5.11 Å². The van der Waals surface area contributed by atoms with Gasteiger partial charge >= 0.3 is 0 Å².